The van der Waals surface area contributed by atoms with Crippen molar-refractivity contribution >= 4 is 31.9 Å². The molecule has 0 aliphatic carbocycles. The van der Waals surface area contributed by atoms with Gasteiger partial charge in [-0.05, 0) is 47.7 Å². The Bertz CT molecular complexity index is 525. The third-order valence-corrected chi connectivity index (χ3v) is 4.15. The van der Waals surface area contributed by atoms with E-state index >= 15 is 0 Å². The van der Waals surface area contributed by atoms with Crippen LogP contribution in [0.1, 0.15) is 17.0 Å². The van der Waals surface area contributed by atoms with Gasteiger partial charge in [0.25, 0.3) is 0 Å². The average molecular weight is 372 g/mol. The number of alkyl halides is 1. The third-order valence-electron chi connectivity index (χ3n) is 2.88. The van der Waals surface area contributed by atoms with Crippen molar-refractivity contribution in [2.45, 2.75) is 12.3 Å². The first kappa shape index (κ1) is 13.8. The molecule has 1 unspecified atom stereocenters. The molecule has 0 aromatic heterocycles. The lowest BCUT2D eigenvalue weighted by atomic mass is 9.94. The zero-order valence-corrected chi connectivity index (χ0v) is 12.9. The second-order valence-corrected chi connectivity index (χ2v) is 5.80. The van der Waals surface area contributed by atoms with E-state index in [1.54, 1.807) is 12.1 Å². The third kappa shape index (κ3) is 3.66. The maximum Gasteiger partial charge on any atom is 0.123 e. The molecule has 94 valence electrons. The molecule has 2 aromatic carbocycles. The summed E-state index contributed by atoms with van der Waals surface area (Å²) in [5.74, 6) is 0.114. The first-order chi connectivity index (χ1) is 8.69. The van der Waals surface area contributed by atoms with Crippen LogP contribution in [0.4, 0.5) is 4.39 Å². The lowest BCUT2D eigenvalue weighted by Crippen LogP contribution is -2.04. The smallest absolute Gasteiger partial charge is 0.123 e. The van der Waals surface area contributed by atoms with Crippen LogP contribution in [0, 0.1) is 5.82 Å². The van der Waals surface area contributed by atoms with Crippen LogP contribution in [-0.2, 0) is 6.42 Å². The second-order valence-electron chi connectivity index (χ2n) is 4.24. The summed E-state index contributed by atoms with van der Waals surface area (Å²) < 4.78 is 14.3. The first-order valence-electron chi connectivity index (χ1n) is 5.75. The minimum atomic E-state index is -0.173. The van der Waals surface area contributed by atoms with Gasteiger partial charge in [0.1, 0.15) is 5.82 Å². The van der Waals surface area contributed by atoms with Gasteiger partial charge < -0.3 is 0 Å². The zero-order chi connectivity index (χ0) is 13.0. The van der Waals surface area contributed by atoms with Crippen molar-refractivity contribution in [1.29, 1.82) is 0 Å². The molecule has 18 heavy (non-hydrogen) atoms. The van der Waals surface area contributed by atoms with E-state index in [9.17, 15) is 4.39 Å². The predicted octanol–water partition coefficient (Wildman–Crippen LogP) is 5.31. The van der Waals surface area contributed by atoms with Crippen LogP contribution in [0.15, 0.2) is 53.0 Å². The van der Waals surface area contributed by atoms with E-state index in [0.29, 0.717) is 0 Å². The van der Waals surface area contributed by atoms with Crippen LogP contribution in [0.5, 0.6) is 0 Å². The van der Waals surface area contributed by atoms with Crippen LogP contribution in [0.3, 0.4) is 0 Å². The summed E-state index contributed by atoms with van der Waals surface area (Å²) in [5.41, 5.74) is 2.28. The minimum Gasteiger partial charge on any atom is -0.207 e. The highest BCUT2D eigenvalue weighted by Gasteiger charge is 2.12. The molecule has 2 aromatic rings. The van der Waals surface area contributed by atoms with Gasteiger partial charge in [0.15, 0.2) is 0 Å². The molecule has 0 aliphatic rings. The molecule has 0 saturated carbocycles. The molecule has 0 nitrogen and oxygen atoms in total. The molecular formula is C15H13Br2F. The zero-order valence-electron chi connectivity index (χ0n) is 9.74. The normalized spacial score (nSPS) is 12.4. The van der Waals surface area contributed by atoms with Crippen molar-refractivity contribution < 1.29 is 4.39 Å². The predicted molar refractivity (Wildman–Crippen MR) is 80.8 cm³/mol. The van der Waals surface area contributed by atoms with E-state index in [1.165, 1.54) is 11.6 Å². The summed E-state index contributed by atoms with van der Waals surface area (Å²) in [7, 11) is 0. The van der Waals surface area contributed by atoms with Crippen molar-refractivity contribution in [2.75, 3.05) is 5.33 Å². The quantitative estimate of drug-likeness (QED) is 0.639. The van der Waals surface area contributed by atoms with Crippen LogP contribution in [-0.4, -0.2) is 5.33 Å². The van der Waals surface area contributed by atoms with Crippen LogP contribution >= 0.6 is 31.9 Å². The molecule has 0 aliphatic heterocycles. The van der Waals surface area contributed by atoms with Crippen molar-refractivity contribution in [3.05, 3.63) is 69.9 Å². The molecule has 0 heterocycles. The summed E-state index contributed by atoms with van der Waals surface area (Å²) in [6.45, 7) is 0. The monoisotopic (exact) mass is 370 g/mol. The average Bonchev–Trinajstić information content (AvgIpc) is 2.36. The molecule has 2 rings (SSSR count). The summed E-state index contributed by atoms with van der Waals surface area (Å²) in [4.78, 5) is 0. The Labute approximate surface area is 123 Å². The van der Waals surface area contributed by atoms with Gasteiger partial charge in [0.05, 0.1) is 0 Å². The van der Waals surface area contributed by atoms with E-state index < -0.39 is 0 Å². The first-order valence-corrected chi connectivity index (χ1v) is 7.66. The molecule has 3 heteroatoms. The Kier molecular flexibility index (Phi) is 4.95. The Balaban J connectivity index is 2.19. The standard InChI is InChI=1S/C15H13Br2F/c16-10-13(12-4-2-6-15(18)9-12)7-11-3-1-5-14(17)8-11/h1-6,8-9,13H,7,10H2. The number of hydrogen-bond donors (Lipinski definition) is 0. The fraction of sp³-hybridized carbons (Fsp3) is 0.200. The van der Waals surface area contributed by atoms with Gasteiger partial charge in [-0.25, -0.2) is 4.39 Å². The second kappa shape index (κ2) is 6.48. The van der Waals surface area contributed by atoms with E-state index in [2.05, 4.69) is 44.0 Å². The fourth-order valence-corrected chi connectivity index (χ4v) is 3.02. The molecule has 0 spiro atoms. The van der Waals surface area contributed by atoms with Gasteiger partial charge in [0.2, 0.25) is 0 Å². The lowest BCUT2D eigenvalue weighted by Gasteiger charge is -2.15. The van der Waals surface area contributed by atoms with Gasteiger partial charge in [-0.3, -0.25) is 0 Å². The van der Waals surface area contributed by atoms with Crippen molar-refractivity contribution in [2.24, 2.45) is 0 Å². The summed E-state index contributed by atoms with van der Waals surface area (Å²) >= 11 is 6.99. The van der Waals surface area contributed by atoms with Gasteiger partial charge in [0, 0.05) is 9.80 Å². The highest BCUT2D eigenvalue weighted by Crippen LogP contribution is 2.25. The number of hydrogen-bond acceptors (Lipinski definition) is 0. The van der Waals surface area contributed by atoms with E-state index in [-0.39, 0.29) is 11.7 Å². The maximum atomic E-state index is 13.2. The van der Waals surface area contributed by atoms with Crippen molar-refractivity contribution in [3.8, 4) is 0 Å². The number of halogens is 3. The summed E-state index contributed by atoms with van der Waals surface area (Å²) in [5, 5.41) is 0.822. The van der Waals surface area contributed by atoms with Gasteiger partial charge in [-0.1, -0.05) is 56.1 Å². The van der Waals surface area contributed by atoms with E-state index in [1.807, 2.05) is 18.2 Å². The highest BCUT2D eigenvalue weighted by atomic mass is 79.9. The summed E-state index contributed by atoms with van der Waals surface area (Å²) in [6, 6.07) is 15.1. The van der Waals surface area contributed by atoms with E-state index in [4.69, 9.17) is 0 Å². The van der Waals surface area contributed by atoms with Crippen LogP contribution in [0.2, 0.25) is 0 Å². The molecular weight excluding hydrogens is 359 g/mol. The topological polar surface area (TPSA) is 0 Å². The lowest BCUT2D eigenvalue weighted by molar-refractivity contribution is 0.621. The molecule has 0 radical (unpaired) electrons. The maximum absolute atomic E-state index is 13.2. The molecule has 0 fully saturated rings. The van der Waals surface area contributed by atoms with Gasteiger partial charge in [-0.15, -0.1) is 0 Å². The molecule has 0 amide bonds. The van der Waals surface area contributed by atoms with E-state index in [0.717, 1.165) is 21.8 Å². The number of benzene rings is 2. The fourth-order valence-electron chi connectivity index (χ4n) is 1.97. The molecule has 1 atom stereocenters. The Hall–Kier alpha value is -0.670. The Morgan fingerprint density at radius 3 is 2.50 bits per heavy atom. The van der Waals surface area contributed by atoms with Crippen LogP contribution < -0.4 is 0 Å². The SMILES string of the molecule is Fc1cccc(C(CBr)Cc2cccc(Br)c2)c1. The number of rotatable bonds is 4. The van der Waals surface area contributed by atoms with Crippen molar-refractivity contribution in [1.82, 2.24) is 0 Å². The minimum absolute atomic E-state index is 0.173. The molecule has 0 bridgehead atoms. The molecule has 0 N–H and O–H groups in total. The van der Waals surface area contributed by atoms with Crippen LogP contribution in [0.25, 0.3) is 0 Å². The van der Waals surface area contributed by atoms with Gasteiger partial charge >= 0.3 is 0 Å². The van der Waals surface area contributed by atoms with Crippen molar-refractivity contribution in [3.63, 3.8) is 0 Å². The molecule has 0 saturated heterocycles. The largest absolute Gasteiger partial charge is 0.207 e. The van der Waals surface area contributed by atoms with Gasteiger partial charge in [-0.2, -0.15) is 0 Å². The Morgan fingerprint density at radius 2 is 1.83 bits per heavy atom. The highest BCUT2D eigenvalue weighted by molar-refractivity contribution is 9.10. The summed E-state index contributed by atoms with van der Waals surface area (Å²) in [6.07, 6.45) is 0.897. The Morgan fingerprint density at radius 1 is 1.06 bits per heavy atom.